The van der Waals surface area contributed by atoms with E-state index in [9.17, 15) is 4.79 Å². The number of amides is 1. The quantitative estimate of drug-likeness (QED) is 0.848. The molecular weight excluding hydrogens is 262 g/mol. The number of nitrogens with zero attached hydrogens (tertiary/aromatic N) is 1. The van der Waals surface area contributed by atoms with Gasteiger partial charge in [0.15, 0.2) is 0 Å². The highest BCUT2D eigenvalue weighted by atomic mass is 16.2. The highest BCUT2D eigenvalue weighted by molar-refractivity contribution is 5.94. The number of nitrogens with two attached hydrogens (primary N) is 1. The maximum absolute atomic E-state index is 12.1. The number of anilines is 3. The fraction of sp³-hybridized carbons (Fsp3) is 0.235. The van der Waals surface area contributed by atoms with Crippen molar-refractivity contribution in [2.45, 2.75) is 13.8 Å². The summed E-state index contributed by atoms with van der Waals surface area (Å²) < 4.78 is 0. The molecule has 2 aromatic rings. The third kappa shape index (κ3) is 3.99. The first-order chi connectivity index (χ1) is 9.95. The van der Waals surface area contributed by atoms with Gasteiger partial charge in [-0.25, -0.2) is 0 Å². The molecule has 0 bridgehead atoms. The number of likely N-dealkylation sites (N-methyl/N-ethyl adjacent to an activating group) is 1. The maximum Gasteiger partial charge on any atom is 0.243 e. The van der Waals surface area contributed by atoms with Crippen molar-refractivity contribution in [2.75, 3.05) is 29.5 Å². The topological polar surface area (TPSA) is 58.4 Å². The number of carbonyl (C=O) groups is 1. The van der Waals surface area contributed by atoms with Crippen LogP contribution in [0.4, 0.5) is 17.1 Å². The van der Waals surface area contributed by atoms with E-state index in [1.165, 1.54) is 5.56 Å². The Hall–Kier alpha value is -2.49. The van der Waals surface area contributed by atoms with Gasteiger partial charge < -0.3 is 16.0 Å². The molecular formula is C17H21N3O. The lowest BCUT2D eigenvalue weighted by Gasteiger charge is -2.21. The number of carbonyl (C=O) groups excluding carboxylic acids is 1. The van der Waals surface area contributed by atoms with Crippen LogP contribution in [0.1, 0.15) is 11.1 Å². The van der Waals surface area contributed by atoms with E-state index < -0.39 is 0 Å². The highest BCUT2D eigenvalue weighted by Gasteiger charge is 2.10. The van der Waals surface area contributed by atoms with E-state index in [-0.39, 0.29) is 5.91 Å². The van der Waals surface area contributed by atoms with E-state index in [4.69, 9.17) is 5.73 Å². The van der Waals surface area contributed by atoms with Gasteiger partial charge in [0.2, 0.25) is 5.91 Å². The fourth-order valence-corrected chi connectivity index (χ4v) is 2.30. The van der Waals surface area contributed by atoms with E-state index >= 15 is 0 Å². The van der Waals surface area contributed by atoms with Crippen molar-refractivity contribution in [1.29, 1.82) is 0 Å². The van der Waals surface area contributed by atoms with Crippen LogP contribution in [-0.2, 0) is 4.79 Å². The van der Waals surface area contributed by atoms with Crippen molar-refractivity contribution in [2.24, 2.45) is 0 Å². The van der Waals surface area contributed by atoms with Gasteiger partial charge in [-0.2, -0.15) is 0 Å². The first-order valence-electron chi connectivity index (χ1n) is 6.89. The fourth-order valence-electron chi connectivity index (χ4n) is 2.30. The van der Waals surface area contributed by atoms with Gasteiger partial charge in [-0.1, -0.05) is 17.7 Å². The average Bonchev–Trinajstić information content (AvgIpc) is 2.41. The van der Waals surface area contributed by atoms with Crippen molar-refractivity contribution >= 4 is 23.0 Å². The third-order valence-corrected chi connectivity index (χ3v) is 3.34. The van der Waals surface area contributed by atoms with E-state index in [1.54, 1.807) is 24.3 Å². The number of benzene rings is 2. The van der Waals surface area contributed by atoms with Gasteiger partial charge in [-0.15, -0.1) is 0 Å². The minimum absolute atomic E-state index is 0.0535. The van der Waals surface area contributed by atoms with Crippen LogP contribution in [0.5, 0.6) is 0 Å². The number of rotatable bonds is 4. The molecule has 0 aromatic heterocycles. The van der Waals surface area contributed by atoms with E-state index in [2.05, 4.69) is 31.3 Å². The summed E-state index contributed by atoms with van der Waals surface area (Å²) in [7, 11) is 1.92. The number of hydrogen-bond acceptors (Lipinski definition) is 3. The predicted molar refractivity (Wildman–Crippen MR) is 88.7 cm³/mol. The molecule has 0 aliphatic heterocycles. The van der Waals surface area contributed by atoms with Crippen LogP contribution in [-0.4, -0.2) is 19.5 Å². The minimum Gasteiger partial charge on any atom is -0.399 e. The second-order valence-corrected chi connectivity index (χ2v) is 5.32. The van der Waals surface area contributed by atoms with Gasteiger partial charge in [-0.05, 0) is 49.7 Å². The Morgan fingerprint density at radius 2 is 1.81 bits per heavy atom. The zero-order valence-electron chi connectivity index (χ0n) is 12.7. The smallest absolute Gasteiger partial charge is 0.243 e. The highest BCUT2D eigenvalue weighted by Crippen LogP contribution is 2.20. The summed E-state index contributed by atoms with van der Waals surface area (Å²) in [5.74, 6) is -0.0535. The van der Waals surface area contributed by atoms with Gasteiger partial charge in [0.25, 0.3) is 0 Å². The molecule has 0 radical (unpaired) electrons. The van der Waals surface area contributed by atoms with E-state index in [0.717, 1.165) is 16.9 Å². The molecule has 1 amide bonds. The Labute approximate surface area is 125 Å². The van der Waals surface area contributed by atoms with Crippen molar-refractivity contribution in [3.05, 3.63) is 53.6 Å². The van der Waals surface area contributed by atoms with Crippen LogP contribution in [0.3, 0.4) is 0 Å². The second-order valence-electron chi connectivity index (χ2n) is 5.32. The normalized spacial score (nSPS) is 10.2. The molecule has 0 saturated heterocycles. The summed E-state index contributed by atoms with van der Waals surface area (Å²) in [5.41, 5.74) is 10.5. The Bertz CT molecular complexity index is 635. The first-order valence-corrected chi connectivity index (χ1v) is 6.89. The lowest BCUT2D eigenvalue weighted by molar-refractivity contribution is -0.114. The maximum atomic E-state index is 12.1. The molecule has 0 spiro atoms. The summed E-state index contributed by atoms with van der Waals surface area (Å²) in [6.45, 7) is 4.41. The van der Waals surface area contributed by atoms with Crippen molar-refractivity contribution < 1.29 is 4.79 Å². The lowest BCUT2D eigenvalue weighted by Crippen LogP contribution is -2.30. The molecule has 0 heterocycles. The molecule has 4 nitrogen and oxygen atoms in total. The van der Waals surface area contributed by atoms with Crippen LogP contribution < -0.4 is 16.0 Å². The predicted octanol–water partition coefficient (Wildman–Crippen LogP) is 2.96. The van der Waals surface area contributed by atoms with Crippen molar-refractivity contribution in [3.63, 3.8) is 0 Å². The molecule has 0 aliphatic carbocycles. The molecule has 110 valence electrons. The number of nitrogens with one attached hydrogen (secondary N) is 1. The Balaban J connectivity index is 2.00. The standard InChI is InChI=1S/C17H21N3O/c1-12-4-9-16(13(2)10-12)20(3)11-17(21)19-15-7-5-14(18)6-8-15/h4-10H,11,18H2,1-3H3,(H,19,21). The van der Waals surface area contributed by atoms with Crippen LogP contribution in [0, 0.1) is 13.8 Å². The first kappa shape index (κ1) is 14.9. The summed E-state index contributed by atoms with van der Waals surface area (Å²) in [6, 6.07) is 13.3. The molecule has 2 aromatic carbocycles. The third-order valence-electron chi connectivity index (χ3n) is 3.34. The van der Waals surface area contributed by atoms with E-state index in [1.807, 2.05) is 18.0 Å². The second kappa shape index (κ2) is 6.31. The molecule has 0 aliphatic rings. The zero-order chi connectivity index (χ0) is 15.4. The molecule has 0 unspecified atom stereocenters. The Morgan fingerprint density at radius 3 is 2.43 bits per heavy atom. The van der Waals surface area contributed by atoms with Crippen LogP contribution >= 0.6 is 0 Å². The molecule has 3 N–H and O–H groups in total. The van der Waals surface area contributed by atoms with E-state index in [0.29, 0.717) is 12.2 Å². The number of aryl methyl sites for hydroxylation is 2. The summed E-state index contributed by atoms with van der Waals surface area (Å²) >= 11 is 0. The van der Waals surface area contributed by atoms with Gasteiger partial charge in [0.05, 0.1) is 6.54 Å². The molecule has 2 rings (SSSR count). The Kier molecular flexibility index (Phi) is 4.48. The minimum atomic E-state index is -0.0535. The summed E-state index contributed by atoms with van der Waals surface area (Å²) in [6.07, 6.45) is 0. The number of nitrogen functional groups attached to an aromatic ring is 1. The average molecular weight is 283 g/mol. The largest absolute Gasteiger partial charge is 0.399 e. The van der Waals surface area contributed by atoms with Crippen LogP contribution in [0.25, 0.3) is 0 Å². The molecule has 0 fully saturated rings. The molecule has 0 saturated carbocycles. The monoisotopic (exact) mass is 283 g/mol. The summed E-state index contributed by atoms with van der Waals surface area (Å²) in [4.78, 5) is 14.0. The van der Waals surface area contributed by atoms with Crippen molar-refractivity contribution in [1.82, 2.24) is 0 Å². The van der Waals surface area contributed by atoms with Crippen LogP contribution in [0.15, 0.2) is 42.5 Å². The van der Waals surface area contributed by atoms with Gasteiger partial charge >= 0.3 is 0 Å². The van der Waals surface area contributed by atoms with Gasteiger partial charge in [-0.3, -0.25) is 4.79 Å². The zero-order valence-corrected chi connectivity index (χ0v) is 12.7. The summed E-state index contributed by atoms with van der Waals surface area (Å²) in [5, 5.41) is 2.86. The molecule has 21 heavy (non-hydrogen) atoms. The molecule has 4 heteroatoms. The SMILES string of the molecule is Cc1ccc(N(C)CC(=O)Nc2ccc(N)cc2)c(C)c1. The van der Waals surface area contributed by atoms with Gasteiger partial charge in [0.1, 0.15) is 0 Å². The Morgan fingerprint density at radius 1 is 1.14 bits per heavy atom. The molecule has 0 atom stereocenters. The number of hydrogen-bond donors (Lipinski definition) is 2. The van der Waals surface area contributed by atoms with Crippen molar-refractivity contribution in [3.8, 4) is 0 Å². The lowest BCUT2D eigenvalue weighted by atomic mass is 10.1. The van der Waals surface area contributed by atoms with Gasteiger partial charge in [0, 0.05) is 24.1 Å². The van der Waals surface area contributed by atoms with Crippen LogP contribution in [0.2, 0.25) is 0 Å².